The number of hydrogen-bond acceptors (Lipinski definition) is 5. The molecule has 0 aromatic carbocycles. The van der Waals surface area contributed by atoms with E-state index >= 15 is 0 Å². The normalized spacial score (nSPS) is 17.1. The van der Waals surface area contributed by atoms with E-state index in [0.717, 1.165) is 18.9 Å². The first kappa shape index (κ1) is 12.4. The number of aromatic nitrogens is 2. The number of rotatable bonds is 8. The predicted molar refractivity (Wildman–Crippen MR) is 66.7 cm³/mol. The first-order valence-corrected chi connectivity index (χ1v) is 6.57. The van der Waals surface area contributed by atoms with Crippen LogP contribution in [0.5, 0.6) is 0 Å². The fourth-order valence-electron chi connectivity index (χ4n) is 1.88. The van der Waals surface area contributed by atoms with E-state index < -0.39 is 0 Å². The third-order valence-corrected chi connectivity index (χ3v) is 2.92. The Kier molecular flexibility index (Phi) is 4.36. The largest absolute Gasteiger partial charge is 0.407 e. The van der Waals surface area contributed by atoms with Crippen LogP contribution in [-0.2, 0) is 6.54 Å². The van der Waals surface area contributed by atoms with Crippen LogP contribution in [0.1, 0.15) is 45.4 Å². The Bertz CT molecular complexity index is 335. The van der Waals surface area contributed by atoms with Gasteiger partial charge in [0.1, 0.15) is 0 Å². The molecule has 1 aliphatic carbocycles. The molecule has 1 aromatic heterocycles. The minimum absolute atomic E-state index is 0.416. The maximum Gasteiger partial charge on any atom is 0.315 e. The second-order valence-corrected chi connectivity index (χ2v) is 4.90. The Morgan fingerprint density at radius 2 is 2.24 bits per heavy atom. The van der Waals surface area contributed by atoms with Crippen LogP contribution < -0.4 is 10.6 Å². The van der Waals surface area contributed by atoms with E-state index in [1.54, 1.807) is 0 Å². The molecule has 0 spiro atoms. The van der Waals surface area contributed by atoms with Gasteiger partial charge in [-0.25, -0.2) is 0 Å². The molecule has 1 aromatic rings. The van der Waals surface area contributed by atoms with Crippen LogP contribution in [0.3, 0.4) is 0 Å². The molecule has 1 heterocycles. The van der Waals surface area contributed by atoms with Crippen LogP contribution in [0.2, 0.25) is 0 Å². The topological polar surface area (TPSA) is 63.0 Å². The molecular formula is C12H22N4O. The summed E-state index contributed by atoms with van der Waals surface area (Å²) in [4.78, 5) is 0. The Hall–Kier alpha value is -1.10. The molecule has 0 aliphatic heterocycles. The van der Waals surface area contributed by atoms with Gasteiger partial charge in [0, 0.05) is 6.04 Å². The summed E-state index contributed by atoms with van der Waals surface area (Å²) < 4.78 is 5.51. The minimum Gasteiger partial charge on any atom is -0.407 e. The van der Waals surface area contributed by atoms with E-state index in [2.05, 4.69) is 34.7 Å². The molecule has 5 nitrogen and oxygen atoms in total. The van der Waals surface area contributed by atoms with Crippen LogP contribution in [0.25, 0.3) is 0 Å². The summed E-state index contributed by atoms with van der Waals surface area (Å²) in [6.07, 6.45) is 5.06. The van der Waals surface area contributed by atoms with E-state index in [9.17, 15) is 0 Å². The maximum atomic E-state index is 5.51. The number of anilines is 1. The molecule has 0 bridgehead atoms. The average molecular weight is 238 g/mol. The van der Waals surface area contributed by atoms with Gasteiger partial charge in [-0.2, -0.15) is 0 Å². The maximum absolute atomic E-state index is 5.51. The summed E-state index contributed by atoms with van der Waals surface area (Å²) in [5.41, 5.74) is 0. The highest BCUT2D eigenvalue weighted by molar-refractivity contribution is 5.19. The summed E-state index contributed by atoms with van der Waals surface area (Å²) in [5.74, 6) is 1.56. The summed E-state index contributed by atoms with van der Waals surface area (Å²) in [6, 6.07) is 0.964. The van der Waals surface area contributed by atoms with Crippen molar-refractivity contribution in [1.29, 1.82) is 0 Å². The molecule has 1 saturated carbocycles. The third kappa shape index (κ3) is 4.34. The van der Waals surface area contributed by atoms with Crippen molar-refractivity contribution < 1.29 is 4.42 Å². The lowest BCUT2D eigenvalue weighted by Crippen LogP contribution is -2.16. The SMILES string of the molecule is CCCNCc1nnc(NC(C)CC2CC2)o1. The molecule has 96 valence electrons. The molecule has 2 rings (SSSR count). The fraction of sp³-hybridized carbons (Fsp3) is 0.833. The lowest BCUT2D eigenvalue weighted by molar-refractivity contribution is 0.470. The van der Waals surface area contributed by atoms with Gasteiger partial charge in [0.2, 0.25) is 5.89 Å². The second-order valence-electron chi connectivity index (χ2n) is 4.90. The number of hydrogen-bond donors (Lipinski definition) is 2. The first-order chi connectivity index (χ1) is 8.28. The zero-order valence-corrected chi connectivity index (χ0v) is 10.7. The Balaban J connectivity index is 1.72. The van der Waals surface area contributed by atoms with Gasteiger partial charge in [0.15, 0.2) is 0 Å². The van der Waals surface area contributed by atoms with Crippen molar-refractivity contribution in [3.8, 4) is 0 Å². The highest BCUT2D eigenvalue weighted by Gasteiger charge is 2.24. The zero-order chi connectivity index (χ0) is 12.1. The van der Waals surface area contributed by atoms with Crippen molar-refractivity contribution in [2.45, 2.75) is 52.1 Å². The van der Waals surface area contributed by atoms with Crippen molar-refractivity contribution in [2.24, 2.45) is 5.92 Å². The number of nitrogens with one attached hydrogen (secondary N) is 2. The molecule has 17 heavy (non-hydrogen) atoms. The van der Waals surface area contributed by atoms with Crippen LogP contribution in [0, 0.1) is 5.92 Å². The fourth-order valence-corrected chi connectivity index (χ4v) is 1.88. The molecule has 0 saturated heterocycles. The van der Waals surface area contributed by atoms with Gasteiger partial charge in [0.25, 0.3) is 0 Å². The summed E-state index contributed by atoms with van der Waals surface area (Å²) >= 11 is 0. The molecule has 1 atom stereocenters. The van der Waals surface area contributed by atoms with E-state index in [1.165, 1.54) is 19.3 Å². The van der Waals surface area contributed by atoms with Crippen molar-refractivity contribution in [3.05, 3.63) is 5.89 Å². The van der Waals surface area contributed by atoms with Gasteiger partial charge in [-0.1, -0.05) is 24.9 Å². The van der Waals surface area contributed by atoms with E-state index in [4.69, 9.17) is 4.42 Å². The molecule has 5 heteroatoms. The summed E-state index contributed by atoms with van der Waals surface area (Å²) in [6.45, 7) is 5.92. The standard InChI is InChI=1S/C12H22N4O/c1-3-6-13-8-11-15-16-12(17-11)14-9(2)7-10-4-5-10/h9-10,13H,3-8H2,1-2H3,(H,14,16). The van der Waals surface area contributed by atoms with E-state index in [-0.39, 0.29) is 0 Å². The smallest absolute Gasteiger partial charge is 0.315 e. The van der Waals surface area contributed by atoms with Crippen molar-refractivity contribution in [2.75, 3.05) is 11.9 Å². The lowest BCUT2D eigenvalue weighted by Gasteiger charge is -2.10. The zero-order valence-electron chi connectivity index (χ0n) is 10.7. The van der Waals surface area contributed by atoms with Crippen LogP contribution in [0.4, 0.5) is 6.01 Å². The van der Waals surface area contributed by atoms with Gasteiger partial charge >= 0.3 is 6.01 Å². The lowest BCUT2D eigenvalue weighted by atomic mass is 10.2. The summed E-state index contributed by atoms with van der Waals surface area (Å²) in [5, 5.41) is 14.5. The van der Waals surface area contributed by atoms with Crippen molar-refractivity contribution in [1.82, 2.24) is 15.5 Å². The minimum atomic E-state index is 0.416. The molecule has 2 N–H and O–H groups in total. The molecule has 1 unspecified atom stereocenters. The predicted octanol–water partition coefficient (Wildman–Crippen LogP) is 2.17. The van der Waals surface area contributed by atoms with Gasteiger partial charge in [-0.15, -0.1) is 5.10 Å². The van der Waals surface area contributed by atoms with E-state index in [1.807, 2.05) is 0 Å². The van der Waals surface area contributed by atoms with Gasteiger partial charge in [0.05, 0.1) is 6.54 Å². The first-order valence-electron chi connectivity index (χ1n) is 6.57. The van der Waals surface area contributed by atoms with Crippen LogP contribution in [0.15, 0.2) is 4.42 Å². The molecule has 1 fully saturated rings. The average Bonchev–Trinajstić information content (AvgIpc) is 2.99. The van der Waals surface area contributed by atoms with Gasteiger partial charge in [-0.05, 0) is 32.2 Å². The molecule has 0 radical (unpaired) electrons. The Morgan fingerprint density at radius 3 is 2.94 bits per heavy atom. The monoisotopic (exact) mass is 238 g/mol. The van der Waals surface area contributed by atoms with Crippen LogP contribution in [-0.4, -0.2) is 22.8 Å². The van der Waals surface area contributed by atoms with E-state index in [0.29, 0.717) is 24.5 Å². The Labute approximate surface area is 102 Å². The highest BCUT2D eigenvalue weighted by Crippen LogP contribution is 2.33. The second kappa shape index (κ2) is 6.00. The quantitative estimate of drug-likeness (QED) is 0.680. The van der Waals surface area contributed by atoms with Crippen LogP contribution >= 0.6 is 0 Å². The van der Waals surface area contributed by atoms with Crippen molar-refractivity contribution in [3.63, 3.8) is 0 Å². The van der Waals surface area contributed by atoms with Crippen molar-refractivity contribution >= 4 is 6.01 Å². The summed E-state index contributed by atoms with van der Waals surface area (Å²) in [7, 11) is 0. The van der Waals surface area contributed by atoms with Gasteiger partial charge in [-0.3, -0.25) is 0 Å². The molecule has 1 aliphatic rings. The highest BCUT2D eigenvalue weighted by atomic mass is 16.4. The Morgan fingerprint density at radius 1 is 1.41 bits per heavy atom. The number of nitrogens with zero attached hydrogens (tertiary/aromatic N) is 2. The molecular weight excluding hydrogens is 216 g/mol. The molecule has 0 amide bonds. The third-order valence-electron chi connectivity index (χ3n) is 2.92. The van der Waals surface area contributed by atoms with Gasteiger partial charge < -0.3 is 15.1 Å².